The first kappa shape index (κ1) is 14.3. The second kappa shape index (κ2) is 6.81. The molecule has 3 nitrogen and oxygen atoms in total. The fourth-order valence-corrected chi connectivity index (χ4v) is 2.16. The van der Waals surface area contributed by atoms with Crippen molar-refractivity contribution in [3.05, 3.63) is 23.9 Å². The average Bonchev–Trinajstić information content (AvgIpc) is 2.35. The topological polar surface area (TPSA) is 42.1 Å². The van der Waals surface area contributed by atoms with Gasteiger partial charge in [-0.2, -0.15) is 11.8 Å². The summed E-state index contributed by atoms with van der Waals surface area (Å²) in [7, 11) is 2.05. The first-order chi connectivity index (χ1) is 8.06. The molecule has 0 saturated heterocycles. The van der Waals surface area contributed by atoms with Crippen LogP contribution in [0.4, 0.5) is 5.82 Å². The lowest BCUT2D eigenvalue weighted by Gasteiger charge is -2.26. The molecule has 1 rings (SSSR count). The fourth-order valence-electron chi connectivity index (χ4n) is 1.46. The van der Waals surface area contributed by atoms with E-state index in [1.165, 1.54) is 0 Å². The molecule has 1 aromatic rings. The molecule has 1 aromatic heterocycles. The number of anilines is 1. The molecule has 0 saturated carbocycles. The summed E-state index contributed by atoms with van der Waals surface area (Å²) in [6, 6.07) is 6.22. The number of thioether (sulfide) groups is 1. The monoisotopic (exact) mass is 269 g/mol. The van der Waals surface area contributed by atoms with Crippen LogP contribution in [-0.4, -0.2) is 35.1 Å². The number of nitrogens with two attached hydrogens (primary N) is 1. The van der Waals surface area contributed by atoms with Gasteiger partial charge in [0.1, 0.15) is 10.8 Å². The average molecular weight is 269 g/mol. The van der Waals surface area contributed by atoms with E-state index >= 15 is 0 Å². The van der Waals surface area contributed by atoms with E-state index in [1.54, 1.807) is 0 Å². The van der Waals surface area contributed by atoms with Gasteiger partial charge in [0.15, 0.2) is 0 Å². The second-order valence-electron chi connectivity index (χ2n) is 3.99. The van der Waals surface area contributed by atoms with Crippen LogP contribution in [0.5, 0.6) is 0 Å². The minimum Gasteiger partial charge on any atom is -0.388 e. The largest absolute Gasteiger partial charge is 0.388 e. The molecule has 0 amide bonds. The van der Waals surface area contributed by atoms with Gasteiger partial charge < -0.3 is 10.6 Å². The zero-order chi connectivity index (χ0) is 12.8. The summed E-state index contributed by atoms with van der Waals surface area (Å²) in [5.41, 5.74) is 6.27. The Kier molecular flexibility index (Phi) is 5.71. The Morgan fingerprint density at radius 3 is 2.88 bits per heavy atom. The summed E-state index contributed by atoms with van der Waals surface area (Å²) < 4.78 is 0. The Morgan fingerprint density at radius 2 is 2.29 bits per heavy atom. The van der Waals surface area contributed by atoms with E-state index < -0.39 is 0 Å². The third-order valence-corrected chi connectivity index (χ3v) is 3.60. The molecule has 1 unspecified atom stereocenters. The van der Waals surface area contributed by atoms with Crippen molar-refractivity contribution < 1.29 is 0 Å². The van der Waals surface area contributed by atoms with Crippen LogP contribution in [0.1, 0.15) is 19.0 Å². The summed E-state index contributed by atoms with van der Waals surface area (Å²) in [5.74, 6) is 2.07. The predicted octanol–water partition coefficient (Wildman–Crippen LogP) is 2.29. The number of nitrogens with zero attached hydrogens (tertiary/aromatic N) is 2. The van der Waals surface area contributed by atoms with Crippen LogP contribution in [0, 0.1) is 0 Å². The quantitative estimate of drug-likeness (QED) is 0.803. The van der Waals surface area contributed by atoms with Gasteiger partial charge in [-0.05, 0) is 37.5 Å². The summed E-state index contributed by atoms with van der Waals surface area (Å²) in [6.45, 7) is 2.20. The van der Waals surface area contributed by atoms with Gasteiger partial charge in [0.25, 0.3) is 0 Å². The van der Waals surface area contributed by atoms with Gasteiger partial charge in [0.05, 0.1) is 5.69 Å². The van der Waals surface area contributed by atoms with E-state index in [-0.39, 0.29) is 0 Å². The van der Waals surface area contributed by atoms with Crippen LogP contribution in [0.2, 0.25) is 0 Å². The maximum atomic E-state index is 5.59. The molecule has 0 radical (unpaired) electrons. The van der Waals surface area contributed by atoms with Crippen LogP contribution in [0.25, 0.3) is 0 Å². The van der Waals surface area contributed by atoms with Crippen LogP contribution < -0.4 is 10.6 Å². The molecule has 1 atom stereocenters. The minimum atomic E-state index is 0.344. The Bertz CT molecular complexity index is 382. The van der Waals surface area contributed by atoms with Crippen molar-refractivity contribution in [1.29, 1.82) is 0 Å². The molecule has 0 aliphatic heterocycles. The number of hydrogen-bond acceptors (Lipinski definition) is 4. The zero-order valence-electron chi connectivity index (χ0n) is 10.5. The number of hydrogen-bond donors (Lipinski definition) is 1. The highest BCUT2D eigenvalue weighted by molar-refractivity contribution is 7.98. The van der Waals surface area contributed by atoms with E-state index in [4.69, 9.17) is 18.0 Å². The van der Waals surface area contributed by atoms with Gasteiger partial charge in [0, 0.05) is 13.1 Å². The first-order valence-corrected chi connectivity index (χ1v) is 7.35. The molecule has 17 heavy (non-hydrogen) atoms. The molecule has 0 fully saturated rings. The van der Waals surface area contributed by atoms with Gasteiger partial charge >= 0.3 is 0 Å². The van der Waals surface area contributed by atoms with E-state index in [1.807, 2.05) is 30.0 Å². The SMILES string of the molecule is CSCCC(C)N(C)c1cccc(C(N)=S)n1. The molecule has 0 spiro atoms. The van der Waals surface area contributed by atoms with Crippen molar-refractivity contribution >= 4 is 34.8 Å². The molecular weight excluding hydrogens is 250 g/mol. The maximum Gasteiger partial charge on any atom is 0.129 e. The van der Waals surface area contributed by atoms with Gasteiger partial charge in [0.2, 0.25) is 0 Å². The molecule has 5 heteroatoms. The van der Waals surface area contributed by atoms with Crippen molar-refractivity contribution in [2.45, 2.75) is 19.4 Å². The number of pyridine rings is 1. The van der Waals surface area contributed by atoms with Crippen LogP contribution >= 0.6 is 24.0 Å². The predicted molar refractivity (Wildman–Crippen MR) is 81.0 cm³/mol. The van der Waals surface area contributed by atoms with Crippen LogP contribution in [-0.2, 0) is 0 Å². The Hall–Kier alpha value is -0.810. The third kappa shape index (κ3) is 4.16. The van der Waals surface area contributed by atoms with Crippen molar-refractivity contribution in [1.82, 2.24) is 4.98 Å². The van der Waals surface area contributed by atoms with Crippen molar-refractivity contribution in [3.8, 4) is 0 Å². The lowest BCUT2D eigenvalue weighted by Crippen LogP contribution is -2.30. The van der Waals surface area contributed by atoms with E-state index in [0.29, 0.717) is 16.7 Å². The number of thiocarbonyl (C=S) groups is 1. The smallest absolute Gasteiger partial charge is 0.129 e. The van der Waals surface area contributed by atoms with Gasteiger partial charge in [-0.25, -0.2) is 4.98 Å². The maximum absolute atomic E-state index is 5.59. The Morgan fingerprint density at radius 1 is 1.59 bits per heavy atom. The van der Waals surface area contributed by atoms with Gasteiger partial charge in [-0.3, -0.25) is 0 Å². The molecule has 0 bridgehead atoms. The minimum absolute atomic E-state index is 0.344. The molecule has 0 aliphatic rings. The van der Waals surface area contributed by atoms with Gasteiger partial charge in [-0.15, -0.1) is 0 Å². The first-order valence-electron chi connectivity index (χ1n) is 5.55. The molecule has 0 aliphatic carbocycles. The summed E-state index contributed by atoms with van der Waals surface area (Å²) >= 11 is 6.80. The molecule has 94 valence electrons. The summed E-state index contributed by atoms with van der Waals surface area (Å²) in [6.07, 6.45) is 3.26. The lowest BCUT2D eigenvalue weighted by atomic mass is 10.2. The Balaban J connectivity index is 2.77. The van der Waals surface area contributed by atoms with E-state index in [2.05, 4.69) is 30.1 Å². The number of aromatic nitrogens is 1. The van der Waals surface area contributed by atoms with Crippen molar-refractivity contribution in [2.75, 3.05) is 24.0 Å². The lowest BCUT2D eigenvalue weighted by molar-refractivity contribution is 0.662. The second-order valence-corrected chi connectivity index (χ2v) is 5.41. The van der Waals surface area contributed by atoms with Crippen molar-refractivity contribution in [3.63, 3.8) is 0 Å². The number of rotatable bonds is 6. The highest BCUT2D eigenvalue weighted by atomic mass is 32.2. The van der Waals surface area contributed by atoms with Gasteiger partial charge in [-0.1, -0.05) is 18.3 Å². The van der Waals surface area contributed by atoms with E-state index in [9.17, 15) is 0 Å². The standard InChI is InChI=1S/C12H19N3S2/c1-9(7-8-17-3)15(2)11-6-4-5-10(14-11)12(13)16/h4-6,9H,7-8H2,1-3H3,(H2,13,16). The Labute approximate surface area is 113 Å². The summed E-state index contributed by atoms with van der Waals surface area (Å²) in [5, 5.41) is 0. The highest BCUT2D eigenvalue weighted by Gasteiger charge is 2.11. The fraction of sp³-hybridized carbons (Fsp3) is 0.500. The normalized spacial score (nSPS) is 12.2. The third-order valence-electron chi connectivity index (χ3n) is 2.75. The molecule has 1 heterocycles. The molecule has 0 aromatic carbocycles. The van der Waals surface area contributed by atoms with Crippen LogP contribution in [0.15, 0.2) is 18.2 Å². The van der Waals surface area contributed by atoms with Crippen molar-refractivity contribution in [2.24, 2.45) is 5.73 Å². The summed E-state index contributed by atoms with van der Waals surface area (Å²) in [4.78, 5) is 6.96. The zero-order valence-corrected chi connectivity index (χ0v) is 12.1. The molecular formula is C12H19N3S2. The van der Waals surface area contributed by atoms with E-state index in [0.717, 1.165) is 18.0 Å². The van der Waals surface area contributed by atoms with Crippen LogP contribution in [0.3, 0.4) is 0 Å². The molecule has 2 N–H and O–H groups in total. The highest BCUT2D eigenvalue weighted by Crippen LogP contribution is 2.15.